The molecule has 30 heavy (non-hydrogen) atoms. The molecule has 0 spiro atoms. The largest absolute Gasteiger partial charge is 0.385 e. The average Bonchev–Trinajstić information content (AvgIpc) is 2.52. The van der Waals surface area contributed by atoms with Crippen molar-refractivity contribution in [2.45, 2.75) is 66.9 Å². The van der Waals surface area contributed by atoms with Gasteiger partial charge in [-0.15, -0.1) is 0 Å². The van der Waals surface area contributed by atoms with E-state index >= 15 is 0 Å². The highest BCUT2D eigenvalue weighted by atomic mass is 19.4. The van der Waals surface area contributed by atoms with Gasteiger partial charge in [0.25, 0.3) is 0 Å². The van der Waals surface area contributed by atoms with Crippen molar-refractivity contribution >= 4 is 0 Å². The van der Waals surface area contributed by atoms with Gasteiger partial charge in [-0.1, -0.05) is 0 Å². The van der Waals surface area contributed by atoms with Crippen molar-refractivity contribution < 1.29 is 83.4 Å². The molecule has 0 N–H and O–H groups in total. The third kappa shape index (κ3) is 3.24. The first-order valence-corrected chi connectivity index (χ1v) is 6.58. The maximum Gasteiger partial charge on any atom is 0.385 e. The first-order valence-electron chi connectivity index (χ1n) is 6.58. The zero-order valence-corrected chi connectivity index (χ0v) is 13.3. The molecule has 0 heterocycles. The minimum atomic E-state index is -8.80. The van der Waals surface area contributed by atoms with E-state index in [9.17, 15) is 83.4 Å². The highest BCUT2D eigenvalue weighted by Crippen LogP contribution is 2.64. The summed E-state index contributed by atoms with van der Waals surface area (Å²) in [5, 5.41) is 0. The van der Waals surface area contributed by atoms with Gasteiger partial charge >= 0.3 is 53.8 Å². The van der Waals surface area contributed by atoms with E-state index in [0.717, 1.165) is 0 Å². The van der Waals surface area contributed by atoms with Crippen molar-refractivity contribution in [1.82, 2.24) is 0 Å². The standard InChI is InChI=1S/C11H5F19/c1-2(12)4(15,16)6(19,20)8(23,24)10(27,28)11(29,30)9(25,26)7(21,22)5(17,18)3(13)14/h2-3H,1H3. The Morgan fingerprint density at radius 2 is 0.567 bits per heavy atom. The zero-order valence-electron chi connectivity index (χ0n) is 13.3. The van der Waals surface area contributed by atoms with Crippen LogP contribution < -0.4 is 0 Å². The molecule has 0 aromatic heterocycles. The van der Waals surface area contributed by atoms with Crippen LogP contribution in [0.3, 0.4) is 0 Å². The van der Waals surface area contributed by atoms with E-state index < -0.39 is 66.9 Å². The second-order valence-electron chi connectivity index (χ2n) is 5.61. The van der Waals surface area contributed by atoms with Crippen LogP contribution in [-0.2, 0) is 0 Å². The molecule has 0 amide bonds. The van der Waals surface area contributed by atoms with Crippen molar-refractivity contribution in [2.24, 2.45) is 0 Å². The van der Waals surface area contributed by atoms with E-state index in [1.54, 1.807) is 0 Å². The quantitative estimate of drug-likeness (QED) is 0.311. The van der Waals surface area contributed by atoms with Gasteiger partial charge in [0.1, 0.15) is 0 Å². The van der Waals surface area contributed by atoms with E-state index in [1.165, 1.54) is 0 Å². The fraction of sp³-hybridized carbons (Fsp3) is 1.00. The molecule has 0 aromatic rings. The molecule has 0 aromatic carbocycles. The highest BCUT2D eigenvalue weighted by molar-refractivity contribution is 5.16. The first-order chi connectivity index (χ1) is 12.6. The summed E-state index contributed by atoms with van der Waals surface area (Å²) < 4.78 is 244. The Kier molecular flexibility index (Phi) is 6.78. The molecule has 0 aliphatic rings. The molecule has 1 atom stereocenters. The molecule has 0 saturated carbocycles. The van der Waals surface area contributed by atoms with Crippen molar-refractivity contribution in [3.05, 3.63) is 0 Å². The number of rotatable bonds is 9. The van der Waals surface area contributed by atoms with Crippen LogP contribution in [0.1, 0.15) is 6.92 Å². The van der Waals surface area contributed by atoms with Crippen LogP contribution in [0.4, 0.5) is 83.4 Å². The van der Waals surface area contributed by atoms with Crippen molar-refractivity contribution in [3.63, 3.8) is 0 Å². The number of alkyl halides is 19. The van der Waals surface area contributed by atoms with Crippen molar-refractivity contribution in [1.29, 1.82) is 0 Å². The molecule has 0 radical (unpaired) electrons. The van der Waals surface area contributed by atoms with E-state index in [4.69, 9.17) is 0 Å². The Balaban J connectivity index is 6.82. The lowest BCUT2D eigenvalue weighted by molar-refractivity contribution is -0.459. The van der Waals surface area contributed by atoms with Gasteiger partial charge in [0, 0.05) is 0 Å². The molecule has 0 saturated heterocycles. The van der Waals surface area contributed by atoms with E-state index in [-0.39, 0.29) is 0 Å². The Hall–Kier alpha value is -1.33. The summed E-state index contributed by atoms with van der Waals surface area (Å²) in [6.45, 7) is -0.716. The molecule has 0 aliphatic heterocycles. The normalized spacial score (nSPS) is 17.5. The molecule has 0 bridgehead atoms. The lowest BCUT2D eigenvalue weighted by Crippen LogP contribution is -2.75. The van der Waals surface area contributed by atoms with Crippen LogP contribution in [-0.4, -0.2) is 60.0 Å². The van der Waals surface area contributed by atoms with Gasteiger partial charge in [-0.2, -0.15) is 70.2 Å². The summed E-state index contributed by atoms with van der Waals surface area (Å²) in [5.74, 6) is -65.7. The van der Waals surface area contributed by atoms with Gasteiger partial charge in [0.05, 0.1) is 0 Å². The molecule has 0 nitrogen and oxygen atoms in total. The Morgan fingerprint density at radius 1 is 0.367 bits per heavy atom. The molecular formula is C11H5F19. The third-order valence-corrected chi connectivity index (χ3v) is 3.58. The molecular weight excluding hydrogens is 493 g/mol. The maximum atomic E-state index is 13.2. The van der Waals surface area contributed by atoms with Crippen LogP contribution in [0.25, 0.3) is 0 Å². The van der Waals surface area contributed by atoms with Crippen LogP contribution >= 0.6 is 0 Å². The van der Waals surface area contributed by atoms with Gasteiger partial charge in [0.15, 0.2) is 6.17 Å². The van der Waals surface area contributed by atoms with E-state index in [0.29, 0.717) is 0 Å². The molecule has 0 rings (SSSR count). The predicted octanol–water partition coefficient (Wildman–Crippen LogP) is 6.69. The first kappa shape index (κ1) is 28.7. The van der Waals surface area contributed by atoms with Crippen LogP contribution in [0, 0.1) is 0 Å². The van der Waals surface area contributed by atoms with E-state index in [1.807, 2.05) is 0 Å². The smallest absolute Gasteiger partial charge is 0.241 e. The second kappa shape index (κ2) is 7.09. The summed E-state index contributed by atoms with van der Waals surface area (Å²) in [4.78, 5) is 0. The Morgan fingerprint density at radius 3 is 0.767 bits per heavy atom. The zero-order chi connectivity index (χ0) is 25.2. The maximum absolute atomic E-state index is 13.2. The van der Waals surface area contributed by atoms with Crippen LogP contribution in [0.2, 0.25) is 0 Å². The minimum Gasteiger partial charge on any atom is -0.241 e. The van der Waals surface area contributed by atoms with Gasteiger partial charge in [0.2, 0.25) is 0 Å². The summed E-state index contributed by atoms with van der Waals surface area (Å²) in [6.07, 6.45) is -10.6. The lowest BCUT2D eigenvalue weighted by atomic mass is 9.87. The molecule has 0 fully saturated rings. The van der Waals surface area contributed by atoms with E-state index in [2.05, 4.69) is 0 Å². The second-order valence-corrected chi connectivity index (χ2v) is 5.61. The van der Waals surface area contributed by atoms with Crippen LogP contribution in [0.5, 0.6) is 0 Å². The molecule has 182 valence electrons. The van der Waals surface area contributed by atoms with Crippen molar-refractivity contribution in [3.8, 4) is 0 Å². The highest BCUT2D eigenvalue weighted by Gasteiger charge is 2.95. The van der Waals surface area contributed by atoms with Gasteiger partial charge < -0.3 is 0 Å². The number of halogens is 19. The third-order valence-electron chi connectivity index (χ3n) is 3.58. The summed E-state index contributed by atoms with van der Waals surface area (Å²) >= 11 is 0. The topological polar surface area (TPSA) is 0 Å². The SMILES string of the molecule is CC(F)C(F)(F)C(F)(F)C(F)(F)C(F)(F)C(F)(F)C(F)(F)C(F)(F)C(F)(F)C(F)F. The molecule has 0 aliphatic carbocycles. The summed E-state index contributed by atoms with van der Waals surface area (Å²) in [6, 6.07) is 0. The fourth-order valence-electron chi connectivity index (χ4n) is 1.59. The number of hydrogen-bond donors (Lipinski definition) is 0. The predicted molar refractivity (Wildman–Crippen MR) is 56.1 cm³/mol. The molecule has 1 unspecified atom stereocenters. The lowest BCUT2D eigenvalue weighted by Gasteiger charge is -2.43. The molecule has 19 heteroatoms. The van der Waals surface area contributed by atoms with Gasteiger partial charge in [-0.3, -0.25) is 0 Å². The van der Waals surface area contributed by atoms with Gasteiger partial charge in [-0.05, 0) is 6.92 Å². The monoisotopic (exact) mass is 498 g/mol. The van der Waals surface area contributed by atoms with Crippen molar-refractivity contribution in [2.75, 3.05) is 0 Å². The minimum absolute atomic E-state index is 0.716. The Bertz CT molecular complexity index is 560. The summed E-state index contributed by atoms with van der Waals surface area (Å²) in [7, 11) is 0. The van der Waals surface area contributed by atoms with Crippen LogP contribution in [0.15, 0.2) is 0 Å². The van der Waals surface area contributed by atoms with Gasteiger partial charge in [-0.25, -0.2) is 13.2 Å². The average molecular weight is 498 g/mol. The Labute approximate surface area is 152 Å². The fourth-order valence-corrected chi connectivity index (χ4v) is 1.59. The number of hydrogen-bond acceptors (Lipinski definition) is 0. The summed E-state index contributed by atoms with van der Waals surface area (Å²) in [5.41, 5.74) is 0.